The standard InChI is InChI=1S/C12H8Br2ClFO2/c1-17-10-5-8(16)7(13)4-6(10)12(14)9-2-3-11(15)18-9/h2-5,12H,1H3. The molecule has 2 rings (SSSR count). The van der Waals surface area contributed by atoms with Crippen LogP contribution in [0.4, 0.5) is 4.39 Å². The monoisotopic (exact) mass is 396 g/mol. The zero-order chi connectivity index (χ0) is 13.3. The van der Waals surface area contributed by atoms with Gasteiger partial charge in [0.25, 0.3) is 0 Å². The highest BCUT2D eigenvalue weighted by Gasteiger charge is 2.20. The lowest BCUT2D eigenvalue weighted by atomic mass is 10.1. The molecule has 0 aliphatic carbocycles. The summed E-state index contributed by atoms with van der Waals surface area (Å²) >= 11 is 12.4. The van der Waals surface area contributed by atoms with E-state index in [2.05, 4.69) is 31.9 Å². The Bertz CT molecular complexity index is 571. The van der Waals surface area contributed by atoms with Crippen molar-refractivity contribution >= 4 is 43.5 Å². The lowest BCUT2D eigenvalue weighted by Crippen LogP contribution is -1.97. The molecule has 2 aromatic rings. The van der Waals surface area contributed by atoms with E-state index in [4.69, 9.17) is 20.8 Å². The molecule has 96 valence electrons. The molecule has 18 heavy (non-hydrogen) atoms. The van der Waals surface area contributed by atoms with Gasteiger partial charge >= 0.3 is 0 Å². The highest BCUT2D eigenvalue weighted by Crippen LogP contribution is 2.40. The molecule has 1 heterocycles. The van der Waals surface area contributed by atoms with E-state index in [1.54, 1.807) is 18.2 Å². The molecule has 0 saturated carbocycles. The summed E-state index contributed by atoms with van der Waals surface area (Å²) in [6.07, 6.45) is 0. The first kappa shape index (κ1) is 13.9. The average molecular weight is 398 g/mol. The van der Waals surface area contributed by atoms with Gasteiger partial charge in [0, 0.05) is 11.6 Å². The van der Waals surface area contributed by atoms with Crippen LogP contribution in [0.15, 0.2) is 33.2 Å². The summed E-state index contributed by atoms with van der Waals surface area (Å²) in [5, 5.41) is 0.301. The number of benzene rings is 1. The summed E-state index contributed by atoms with van der Waals surface area (Å²) < 4.78 is 24.3. The number of hydrogen-bond donors (Lipinski definition) is 0. The molecule has 0 spiro atoms. The first-order valence-electron chi connectivity index (χ1n) is 4.95. The van der Waals surface area contributed by atoms with Crippen molar-refractivity contribution < 1.29 is 13.5 Å². The van der Waals surface area contributed by atoms with Crippen LogP contribution in [-0.2, 0) is 0 Å². The third-order valence-electron chi connectivity index (χ3n) is 2.39. The van der Waals surface area contributed by atoms with Gasteiger partial charge in [-0.2, -0.15) is 0 Å². The van der Waals surface area contributed by atoms with Crippen LogP contribution in [0.2, 0.25) is 5.22 Å². The van der Waals surface area contributed by atoms with E-state index in [-0.39, 0.29) is 10.6 Å². The van der Waals surface area contributed by atoms with Gasteiger partial charge in [-0.05, 0) is 45.7 Å². The fraction of sp³-hybridized carbons (Fsp3) is 0.167. The maximum Gasteiger partial charge on any atom is 0.193 e. The fourth-order valence-electron chi connectivity index (χ4n) is 1.54. The highest BCUT2D eigenvalue weighted by molar-refractivity contribution is 9.10. The van der Waals surface area contributed by atoms with Gasteiger partial charge in [0.1, 0.15) is 22.2 Å². The van der Waals surface area contributed by atoms with E-state index in [1.807, 2.05) is 0 Å². The van der Waals surface area contributed by atoms with Crippen LogP contribution in [0, 0.1) is 5.82 Å². The Labute approximate surface area is 125 Å². The Morgan fingerprint density at radius 1 is 1.39 bits per heavy atom. The lowest BCUT2D eigenvalue weighted by Gasteiger charge is -2.13. The summed E-state index contributed by atoms with van der Waals surface area (Å²) in [4.78, 5) is -0.267. The summed E-state index contributed by atoms with van der Waals surface area (Å²) in [6.45, 7) is 0. The molecule has 0 fully saturated rings. The smallest absolute Gasteiger partial charge is 0.193 e. The van der Waals surface area contributed by atoms with Crippen LogP contribution in [0.5, 0.6) is 5.75 Å². The summed E-state index contributed by atoms with van der Waals surface area (Å²) in [7, 11) is 1.49. The Kier molecular flexibility index (Phi) is 4.35. The Morgan fingerprint density at radius 3 is 2.67 bits per heavy atom. The minimum atomic E-state index is -0.382. The van der Waals surface area contributed by atoms with Crippen LogP contribution in [0.3, 0.4) is 0 Å². The number of methoxy groups -OCH3 is 1. The Balaban J connectivity index is 2.46. The van der Waals surface area contributed by atoms with Gasteiger partial charge in [0.05, 0.1) is 11.6 Å². The second-order valence-electron chi connectivity index (χ2n) is 3.51. The number of furan rings is 1. The third kappa shape index (κ3) is 2.73. The first-order valence-corrected chi connectivity index (χ1v) is 7.04. The molecule has 1 unspecified atom stereocenters. The Hall–Kier alpha value is -0.520. The van der Waals surface area contributed by atoms with Crippen LogP contribution < -0.4 is 4.74 Å². The largest absolute Gasteiger partial charge is 0.496 e. The summed E-state index contributed by atoms with van der Waals surface area (Å²) in [5.74, 6) is 0.676. The van der Waals surface area contributed by atoms with Crippen molar-refractivity contribution in [3.05, 3.63) is 51.1 Å². The van der Waals surface area contributed by atoms with Crippen molar-refractivity contribution in [3.63, 3.8) is 0 Å². The van der Waals surface area contributed by atoms with Crippen molar-refractivity contribution in [2.45, 2.75) is 4.83 Å². The van der Waals surface area contributed by atoms with E-state index < -0.39 is 0 Å². The quantitative estimate of drug-likeness (QED) is 0.653. The van der Waals surface area contributed by atoms with Crippen LogP contribution in [0.1, 0.15) is 16.2 Å². The zero-order valence-corrected chi connectivity index (χ0v) is 13.1. The predicted octanol–water partition coefficient (Wildman–Crippen LogP) is 5.33. The molecular weight excluding hydrogens is 390 g/mol. The topological polar surface area (TPSA) is 22.4 Å². The van der Waals surface area contributed by atoms with Crippen molar-refractivity contribution in [1.29, 1.82) is 0 Å². The molecule has 0 saturated heterocycles. The van der Waals surface area contributed by atoms with E-state index in [0.29, 0.717) is 21.2 Å². The molecular formula is C12H8Br2ClFO2. The van der Waals surface area contributed by atoms with Crippen molar-refractivity contribution in [3.8, 4) is 5.75 Å². The van der Waals surface area contributed by atoms with Crippen LogP contribution >= 0.6 is 43.5 Å². The van der Waals surface area contributed by atoms with Gasteiger partial charge < -0.3 is 9.15 Å². The van der Waals surface area contributed by atoms with Crippen molar-refractivity contribution in [1.82, 2.24) is 0 Å². The maximum atomic E-state index is 13.4. The normalized spacial score (nSPS) is 12.5. The molecule has 0 aliphatic heterocycles. The van der Waals surface area contributed by atoms with Gasteiger partial charge in [0.15, 0.2) is 5.22 Å². The second-order valence-corrected chi connectivity index (χ2v) is 5.66. The maximum absolute atomic E-state index is 13.4. The molecule has 0 radical (unpaired) electrons. The molecule has 0 aliphatic rings. The van der Waals surface area contributed by atoms with Crippen molar-refractivity contribution in [2.24, 2.45) is 0 Å². The van der Waals surface area contributed by atoms with Gasteiger partial charge in [-0.15, -0.1) is 0 Å². The fourth-order valence-corrected chi connectivity index (χ4v) is 2.65. The summed E-state index contributed by atoms with van der Waals surface area (Å²) in [5.41, 5.74) is 0.747. The van der Waals surface area contributed by atoms with Crippen molar-refractivity contribution in [2.75, 3.05) is 7.11 Å². The third-order valence-corrected chi connectivity index (χ3v) is 4.14. The number of rotatable bonds is 3. The van der Waals surface area contributed by atoms with Gasteiger partial charge in [-0.3, -0.25) is 0 Å². The highest BCUT2D eigenvalue weighted by atomic mass is 79.9. The molecule has 2 nitrogen and oxygen atoms in total. The Morgan fingerprint density at radius 2 is 2.11 bits per heavy atom. The molecule has 0 amide bonds. The minimum Gasteiger partial charge on any atom is -0.496 e. The summed E-state index contributed by atoms with van der Waals surface area (Å²) in [6, 6.07) is 6.36. The lowest BCUT2D eigenvalue weighted by molar-refractivity contribution is 0.404. The number of hydrogen-bond acceptors (Lipinski definition) is 2. The van der Waals surface area contributed by atoms with E-state index in [1.165, 1.54) is 13.2 Å². The van der Waals surface area contributed by atoms with Gasteiger partial charge in [0.2, 0.25) is 0 Å². The SMILES string of the molecule is COc1cc(F)c(Br)cc1C(Br)c1ccc(Cl)o1. The molecule has 1 atom stereocenters. The number of halogens is 4. The average Bonchev–Trinajstić information content (AvgIpc) is 2.78. The molecule has 0 bridgehead atoms. The molecule has 0 N–H and O–H groups in total. The van der Waals surface area contributed by atoms with E-state index in [0.717, 1.165) is 5.56 Å². The molecule has 1 aromatic heterocycles. The van der Waals surface area contributed by atoms with Gasteiger partial charge in [-0.1, -0.05) is 15.9 Å². The number of ether oxygens (including phenoxy) is 1. The first-order chi connectivity index (χ1) is 8.52. The van der Waals surface area contributed by atoms with Crippen LogP contribution in [0.25, 0.3) is 0 Å². The van der Waals surface area contributed by atoms with Gasteiger partial charge in [-0.25, -0.2) is 4.39 Å². The second kappa shape index (κ2) is 5.63. The molecule has 1 aromatic carbocycles. The zero-order valence-electron chi connectivity index (χ0n) is 9.22. The molecule has 6 heteroatoms. The minimum absolute atomic E-state index is 0.267. The van der Waals surface area contributed by atoms with E-state index >= 15 is 0 Å². The number of alkyl halides is 1. The van der Waals surface area contributed by atoms with Crippen LogP contribution in [-0.4, -0.2) is 7.11 Å². The van der Waals surface area contributed by atoms with E-state index in [9.17, 15) is 4.39 Å². The predicted molar refractivity (Wildman–Crippen MR) is 75.1 cm³/mol.